The Morgan fingerprint density at radius 1 is 1.04 bits per heavy atom. The minimum Gasteiger partial charge on any atom is -0.355 e. The summed E-state index contributed by atoms with van der Waals surface area (Å²) in [6.07, 6.45) is 13.6. The molecule has 2 aliphatic carbocycles. The van der Waals surface area contributed by atoms with Crippen LogP contribution in [0.2, 0.25) is 0 Å². The van der Waals surface area contributed by atoms with Gasteiger partial charge in [-0.3, -0.25) is 0 Å². The number of piperidine rings is 1. The Labute approximate surface area is 162 Å². The van der Waals surface area contributed by atoms with Crippen LogP contribution in [0.1, 0.15) is 66.7 Å². The third kappa shape index (κ3) is 2.66. The molecule has 7 heteroatoms. The van der Waals surface area contributed by atoms with E-state index in [2.05, 4.69) is 24.6 Å². The summed E-state index contributed by atoms with van der Waals surface area (Å²) < 4.78 is 2.33. The summed E-state index contributed by atoms with van der Waals surface area (Å²) in [5, 5.41) is 10.1. The largest absolute Gasteiger partial charge is 0.355 e. The number of hydrogen-bond donors (Lipinski definition) is 0. The summed E-state index contributed by atoms with van der Waals surface area (Å²) in [6, 6.07) is 0.639. The van der Waals surface area contributed by atoms with Crippen LogP contribution in [-0.2, 0) is 12.8 Å². The fraction of sp³-hybridized carbons (Fsp3) is 0.600. The summed E-state index contributed by atoms with van der Waals surface area (Å²) in [7, 11) is 0. The number of aromatic nitrogens is 5. The second-order valence-electron chi connectivity index (χ2n) is 8.20. The highest BCUT2D eigenvalue weighted by atomic mass is 32.1. The second kappa shape index (κ2) is 6.26. The predicted molar refractivity (Wildman–Crippen MR) is 107 cm³/mol. The van der Waals surface area contributed by atoms with Crippen molar-refractivity contribution in [1.82, 2.24) is 24.7 Å². The summed E-state index contributed by atoms with van der Waals surface area (Å²) >= 11 is 1.89. The first-order chi connectivity index (χ1) is 13.4. The van der Waals surface area contributed by atoms with Crippen LogP contribution in [0.5, 0.6) is 0 Å². The van der Waals surface area contributed by atoms with Crippen molar-refractivity contribution in [3.63, 3.8) is 0 Å². The quantitative estimate of drug-likeness (QED) is 0.690. The van der Waals surface area contributed by atoms with Gasteiger partial charge in [-0.2, -0.15) is 0 Å². The van der Waals surface area contributed by atoms with Gasteiger partial charge >= 0.3 is 0 Å². The molecule has 1 atom stereocenters. The summed E-state index contributed by atoms with van der Waals surface area (Å²) in [4.78, 5) is 14.6. The number of anilines is 1. The molecule has 6 nitrogen and oxygen atoms in total. The number of aryl methyl sites for hydroxylation is 2. The van der Waals surface area contributed by atoms with Crippen LogP contribution in [0.4, 0.5) is 5.82 Å². The Bertz CT molecular complexity index is 988. The highest BCUT2D eigenvalue weighted by molar-refractivity contribution is 7.19. The van der Waals surface area contributed by atoms with E-state index in [1.807, 2.05) is 17.7 Å². The molecule has 3 aromatic heterocycles. The van der Waals surface area contributed by atoms with Crippen molar-refractivity contribution in [2.24, 2.45) is 0 Å². The Balaban J connectivity index is 1.37. The zero-order chi connectivity index (χ0) is 17.8. The van der Waals surface area contributed by atoms with Crippen LogP contribution in [0.25, 0.3) is 10.2 Å². The Hall–Kier alpha value is -2.02. The van der Waals surface area contributed by atoms with Crippen molar-refractivity contribution in [3.8, 4) is 0 Å². The van der Waals surface area contributed by atoms with Crippen molar-refractivity contribution in [2.75, 3.05) is 18.0 Å². The average Bonchev–Trinajstić information content (AvgIpc) is 3.31. The van der Waals surface area contributed by atoms with Gasteiger partial charge in [0, 0.05) is 29.9 Å². The van der Waals surface area contributed by atoms with Gasteiger partial charge in [-0.15, -0.1) is 21.5 Å². The highest BCUT2D eigenvalue weighted by Crippen LogP contribution is 2.42. The van der Waals surface area contributed by atoms with Gasteiger partial charge in [-0.25, -0.2) is 9.97 Å². The minimum absolute atomic E-state index is 0.446. The van der Waals surface area contributed by atoms with Crippen LogP contribution < -0.4 is 4.90 Å². The number of thiophene rings is 1. The maximum Gasteiger partial charge on any atom is 0.141 e. The van der Waals surface area contributed by atoms with E-state index in [4.69, 9.17) is 4.98 Å². The Kier molecular flexibility index (Phi) is 3.70. The molecule has 0 bridgehead atoms. The van der Waals surface area contributed by atoms with Gasteiger partial charge in [-0.1, -0.05) is 0 Å². The van der Waals surface area contributed by atoms with Crippen LogP contribution in [0.3, 0.4) is 0 Å². The second-order valence-corrected chi connectivity index (χ2v) is 9.28. The van der Waals surface area contributed by atoms with Gasteiger partial charge in [0.05, 0.1) is 5.39 Å². The Morgan fingerprint density at radius 3 is 2.89 bits per heavy atom. The van der Waals surface area contributed by atoms with Gasteiger partial charge in [0.15, 0.2) is 0 Å². The smallest absolute Gasteiger partial charge is 0.141 e. The van der Waals surface area contributed by atoms with Crippen molar-refractivity contribution < 1.29 is 0 Å². The molecule has 0 spiro atoms. The molecule has 0 aromatic carbocycles. The number of hydrogen-bond acceptors (Lipinski definition) is 6. The number of rotatable bonds is 3. The fourth-order valence-corrected chi connectivity index (χ4v) is 6.10. The molecular formula is C20H24N6S. The maximum absolute atomic E-state index is 4.78. The van der Waals surface area contributed by atoms with Crippen molar-refractivity contribution in [3.05, 3.63) is 28.9 Å². The lowest BCUT2D eigenvalue weighted by Gasteiger charge is -2.33. The first kappa shape index (κ1) is 16.0. The zero-order valence-corrected chi connectivity index (χ0v) is 16.3. The van der Waals surface area contributed by atoms with Crippen LogP contribution in [0, 0.1) is 0 Å². The molecule has 6 rings (SSSR count). The average molecular weight is 381 g/mol. The van der Waals surface area contributed by atoms with Crippen LogP contribution in [0.15, 0.2) is 12.7 Å². The zero-order valence-electron chi connectivity index (χ0n) is 15.5. The van der Waals surface area contributed by atoms with Gasteiger partial charge in [0.25, 0.3) is 0 Å². The summed E-state index contributed by atoms with van der Waals surface area (Å²) in [5.41, 5.74) is 1.53. The van der Waals surface area contributed by atoms with Crippen molar-refractivity contribution >= 4 is 27.4 Å². The molecule has 1 unspecified atom stereocenters. The molecule has 1 saturated carbocycles. The molecule has 0 radical (unpaired) electrons. The van der Waals surface area contributed by atoms with E-state index >= 15 is 0 Å². The predicted octanol–water partition coefficient (Wildman–Crippen LogP) is 3.88. The molecule has 140 valence electrons. The van der Waals surface area contributed by atoms with Crippen molar-refractivity contribution in [1.29, 1.82) is 0 Å². The van der Waals surface area contributed by atoms with Crippen LogP contribution in [-0.4, -0.2) is 37.8 Å². The third-order valence-electron chi connectivity index (χ3n) is 6.36. The first-order valence-electron chi connectivity index (χ1n) is 10.3. The molecule has 3 aliphatic rings. The fourth-order valence-electron chi connectivity index (χ4n) is 4.87. The van der Waals surface area contributed by atoms with E-state index in [9.17, 15) is 0 Å². The molecule has 3 aromatic rings. The lowest BCUT2D eigenvalue weighted by Crippen LogP contribution is -2.36. The van der Waals surface area contributed by atoms with E-state index in [1.165, 1.54) is 73.0 Å². The van der Waals surface area contributed by atoms with E-state index in [0.717, 1.165) is 18.9 Å². The summed E-state index contributed by atoms with van der Waals surface area (Å²) in [5.74, 6) is 2.78. The monoisotopic (exact) mass is 380 g/mol. The molecule has 27 heavy (non-hydrogen) atoms. The molecule has 0 N–H and O–H groups in total. The maximum atomic E-state index is 4.78. The van der Waals surface area contributed by atoms with Gasteiger partial charge in [0.2, 0.25) is 0 Å². The number of fused-ring (bicyclic) bond motifs is 3. The van der Waals surface area contributed by atoms with E-state index in [1.54, 1.807) is 11.2 Å². The normalized spacial score (nSPS) is 23.0. The molecule has 1 saturated heterocycles. The van der Waals surface area contributed by atoms with Gasteiger partial charge in [-0.05, 0) is 56.9 Å². The van der Waals surface area contributed by atoms with Gasteiger partial charge < -0.3 is 9.47 Å². The topological polar surface area (TPSA) is 59.7 Å². The molecule has 1 aliphatic heterocycles. The van der Waals surface area contributed by atoms with Crippen LogP contribution >= 0.6 is 11.3 Å². The van der Waals surface area contributed by atoms with E-state index < -0.39 is 0 Å². The lowest BCUT2D eigenvalue weighted by atomic mass is 9.95. The van der Waals surface area contributed by atoms with Crippen molar-refractivity contribution in [2.45, 2.75) is 63.3 Å². The third-order valence-corrected chi connectivity index (χ3v) is 7.56. The number of nitrogens with zero attached hydrogens (tertiary/aromatic N) is 6. The summed E-state index contributed by atoms with van der Waals surface area (Å²) in [6.45, 7) is 2.06. The highest BCUT2D eigenvalue weighted by Gasteiger charge is 2.32. The lowest BCUT2D eigenvalue weighted by molar-refractivity contribution is 0.469. The minimum atomic E-state index is 0.446. The molecule has 0 amide bonds. The first-order valence-corrected chi connectivity index (χ1v) is 11.1. The van der Waals surface area contributed by atoms with E-state index in [0.29, 0.717) is 12.0 Å². The molecular weight excluding hydrogens is 356 g/mol. The van der Waals surface area contributed by atoms with E-state index in [-0.39, 0.29) is 0 Å². The molecule has 2 fully saturated rings. The van der Waals surface area contributed by atoms with Gasteiger partial charge in [0.1, 0.15) is 29.1 Å². The standard InChI is InChI=1S/C20H24N6S/c1-2-6-16-15(5-1)17-19(21-11-22-20(17)27-16)25-9-3-4-13(10-25)18-24-23-12-26(18)14-7-8-14/h11-14H,1-10H2. The molecule has 4 heterocycles. The Morgan fingerprint density at radius 2 is 1.96 bits per heavy atom. The SMILES string of the molecule is c1nc(N2CCCC(c3nncn3C3CC3)C2)c2c3c(sc2n1)CCCC3.